The van der Waals surface area contributed by atoms with Crippen LogP contribution in [0, 0.1) is 0 Å². The van der Waals surface area contributed by atoms with Crippen LogP contribution in [0.25, 0.3) is 22.0 Å². The van der Waals surface area contributed by atoms with Gasteiger partial charge in [0.2, 0.25) is 0 Å². The molecule has 5 nitrogen and oxygen atoms in total. The van der Waals surface area contributed by atoms with Gasteiger partial charge in [-0.25, -0.2) is 4.98 Å². The smallest absolute Gasteiger partial charge is 0.149 e. The molecule has 0 saturated carbocycles. The van der Waals surface area contributed by atoms with E-state index in [2.05, 4.69) is 15.2 Å². The first kappa shape index (κ1) is 10.9. The Balaban J connectivity index is 2.15. The molecule has 0 amide bonds. The van der Waals surface area contributed by atoms with Crippen molar-refractivity contribution in [3.8, 4) is 27.7 Å². The molecule has 1 aromatic carbocycles. The van der Waals surface area contributed by atoms with Crippen LogP contribution in [-0.2, 0) is 7.05 Å². The van der Waals surface area contributed by atoms with Crippen LogP contribution < -0.4 is 0 Å². The van der Waals surface area contributed by atoms with Crippen molar-refractivity contribution in [2.24, 2.45) is 7.05 Å². The van der Waals surface area contributed by atoms with Crippen molar-refractivity contribution in [2.75, 3.05) is 0 Å². The SMILES string of the molecule is Cn1nc(-c2ccc(O)cc2)c(-c2nccs2)n1. The minimum absolute atomic E-state index is 0.235. The Kier molecular flexibility index (Phi) is 2.56. The molecule has 0 spiro atoms. The molecule has 0 fully saturated rings. The number of hydrogen-bond acceptors (Lipinski definition) is 5. The van der Waals surface area contributed by atoms with Gasteiger partial charge in [0.05, 0.1) is 0 Å². The average Bonchev–Trinajstić information content (AvgIpc) is 2.98. The number of phenolic OH excluding ortho intramolecular Hbond substituents is 1. The molecule has 2 heterocycles. The minimum Gasteiger partial charge on any atom is -0.508 e. The van der Waals surface area contributed by atoms with Crippen LogP contribution in [0.4, 0.5) is 0 Å². The Hall–Kier alpha value is -2.21. The molecule has 0 unspecified atom stereocenters. The van der Waals surface area contributed by atoms with Gasteiger partial charge in [-0.1, -0.05) is 0 Å². The monoisotopic (exact) mass is 258 g/mol. The molecule has 0 saturated heterocycles. The van der Waals surface area contributed by atoms with E-state index in [4.69, 9.17) is 0 Å². The Labute approximate surface area is 107 Å². The van der Waals surface area contributed by atoms with Gasteiger partial charge in [0.25, 0.3) is 0 Å². The summed E-state index contributed by atoms with van der Waals surface area (Å²) in [4.78, 5) is 5.78. The third kappa shape index (κ3) is 1.86. The van der Waals surface area contributed by atoms with Crippen molar-refractivity contribution in [1.29, 1.82) is 0 Å². The molecule has 0 aliphatic carbocycles. The van der Waals surface area contributed by atoms with Crippen LogP contribution in [0.15, 0.2) is 35.8 Å². The highest BCUT2D eigenvalue weighted by molar-refractivity contribution is 7.13. The number of aromatic nitrogens is 4. The molecule has 1 N–H and O–H groups in total. The van der Waals surface area contributed by atoms with E-state index in [9.17, 15) is 5.11 Å². The summed E-state index contributed by atoms with van der Waals surface area (Å²) in [6.07, 6.45) is 1.75. The van der Waals surface area contributed by atoms with Crippen LogP contribution >= 0.6 is 11.3 Å². The quantitative estimate of drug-likeness (QED) is 0.766. The van der Waals surface area contributed by atoms with E-state index in [0.717, 1.165) is 22.0 Å². The van der Waals surface area contributed by atoms with Gasteiger partial charge >= 0.3 is 0 Å². The second-order valence-electron chi connectivity index (χ2n) is 3.77. The van der Waals surface area contributed by atoms with Gasteiger partial charge in [0.15, 0.2) is 0 Å². The average molecular weight is 258 g/mol. The van der Waals surface area contributed by atoms with Crippen LogP contribution in [0.3, 0.4) is 0 Å². The normalized spacial score (nSPS) is 10.7. The summed E-state index contributed by atoms with van der Waals surface area (Å²) in [7, 11) is 1.78. The van der Waals surface area contributed by atoms with Gasteiger partial charge < -0.3 is 5.11 Å². The lowest BCUT2D eigenvalue weighted by Crippen LogP contribution is -1.91. The second-order valence-corrected chi connectivity index (χ2v) is 4.67. The molecule has 18 heavy (non-hydrogen) atoms. The molecule has 0 radical (unpaired) electrons. The third-order valence-corrected chi connectivity index (χ3v) is 3.27. The molecule has 0 aliphatic rings. The number of nitrogens with zero attached hydrogens (tertiary/aromatic N) is 4. The Bertz CT molecular complexity index is 658. The molecule has 0 atom stereocenters. The zero-order valence-corrected chi connectivity index (χ0v) is 10.4. The van der Waals surface area contributed by atoms with Crippen molar-refractivity contribution >= 4 is 11.3 Å². The maximum Gasteiger partial charge on any atom is 0.149 e. The van der Waals surface area contributed by atoms with E-state index in [1.165, 1.54) is 16.1 Å². The molecule has 2 aromatic heterocycles. The van der Waals surface area contributed by atoms with Crippen molar-refractivity contribution < 1.29 is 5.11 Å². The fraction of sp³-hybridized carbons (Fsp3) is 0.0833. The third-order valence-electron chi connectivity index (χ3n) is 2.49. The molecular weight excluding hydrogens is 248 g/mol. The van der Waals surface area contributed by atoms with Crippen molar-refractivity contribution in [2.45, 2.75) is 0 Å². The minimum atomic E-state index is 0.235. The summed E-state index contributed by atoms with van der Waals surface area (Å²) >= 11 is 1.53. The van der Waals surface area contributed by atoms with Gasteiger partial charge in [0.1, 0.15) is 22.1 Å². The summed E-state index contributed by atoms with van der Waals surface area (Å²) in [5.41, 5.74) is 2.44. The fourth-order valence-corrected chi connectivity index (χ4v) is 2.33. The lowest BCUT2D eigenvalue weighted by Gasteiger charge is -1.98. The fourth-order valence-electron chi connectivity index (χ4n) is 1.70. The lowest BCUT2D eigenvalue weighted by molar-refractivity contribution is 0.475. The number of phenols is 1. The predicted molar refractivity (Wildman–Crippen MR) is 69.2 cm³/mol. The Morgan fingerprint density at radius 3 is 2.50 bits per heavy atom. The first-order valence-corrected chi connectivity index (χ1v) is 6.22. The molecule has 3 aromatic rings. The van der Waals surface area contributed by atoms with E-state index in [1.807, 2.05) is 17.5 Å². The number of rotatable bonds is 2. The molecular formula is C12H10N4OS. The number of thiazole rings is 1. The van der Waals surface area contributed by atoms with E-state index in [1.54, 1.807) is 25.4 Å². The van der Waals surface area contributed by atoms with Gasteiger partial charge in [0, 0.05) is 24.2 Å². The predicted octanol–water partition coefficient (Wildman–Crippen LogP) is 2.31. The largest absolute Gasteiger partial charge is 0.508 e. The van der Waals surface area contributed by atoms with Crippen LogP contribution in [-0.4, -0.2) is 25.1 Å². The summed E-state index contributed by atoms with van der Waals surface area (Å²) in [5.74, 6) is 0.235. The van der Waals surface area contributed by atoms with E-state index >= 15 is 0 Å². The van der Waals surface area contributed by atoms with Gasteiger partial charge in [-0.3, -0.25) is 0 Å². The van der Waals surface area contributed by atoms with Crippen molar-refractivity contribution in [3.05, 3.63) is 35.8 Å². The lowest BCUT2D eigenvalue weighted by atomic mass is 10.1. The second kappa shape index (κ2) is 4.23. The molecule has 0 aliphatic heterocycles. The highest BCUT2D eigenvalue weighted by atomic mass is 32.1. The number of aryl methyl sites for hydroxylation is 1. The number of hydrogen-bond donors (Lipinski definition) is 1. The topological polar surface area (TPSA) is 63.8 Å². The van der Waals surface area contributed by atoms with Gasteiger partial charge in [-0.15, -0.1) is 11.3 Å². The standard InChI is InChI=1S/C12H10N4OS/c1-16-14-10(8-2-4-9(17)5-3-8)11(15-16)12-13-6-7-18-12/h2-7,17H,1H3. The zero-order valence-electron chi connectivity index (χ0n) is 9.61. The van der Waals surface area contributed by atoms with Crippen LogP contribution in [0.2, 0.25) is 0 Å². The highest BCUT2D eigenvalue weighted by Gasteiger charge is 2.15. The molecule has 90 valence electrons. The Morgan fingerprint density at radius 1 is 1.11 bits per heavy atom. The van der Waals surface area contributed by atoms with Gasteiger partial charge in [-0.2, -0.15) is 15.0 Å². The van der Waals surface area contributed by atoms with Crippen molar-refractivity contribution in [3.63, 3.8) is 0 Å². The van der Waals surface area contributed by atoms with Gasteiger partial charge in [-0.05, 0) is 24.3 Å². The number of aromatic hydroxyl groups is 1. The first-order chi connectivity index (χ1) is 8.74. The van der Waals surface area contributed by atoms with E-state index in [-0.39, 0.29) is 5.75 Å². The summed E-state index contributed by atoms with van der Waals surface area (Å²) < 4.78 is 0. The highest BCUT2D eigenvalue weighted by Crippen LogP contribution is 2.30. The maximum absolute atomic E-state index is 9.31. The van der Waals surface area contributed by atoms with Crippen molar-refractivity contribution in [1.82, 2.24) is 20.0 Å². The summed E-state index contributed by atoms with van der Waals surface area (Å²) in [6.45, 7) is 0. The zero-order chi connectivity index (χ0) is 12.5. The van der Waals surface area contributed by atoms with E-state index < -0.39 is 0 Å². The summed E-state index contributed by atoms with van der Waals surface area (Å²) in [6, 6.07) is 6.90. The Morgan fingerprint density at radius 2 is 1.83 bits per heavy atom. The molecule has 3 rings (SSSR count). The first-order valence-electron chi connectivity index (χ1n) is 5.34. The number of benzene rings is 1. The molecule has 0 bridgehead atoms. The maximum atomic E-state index is 9.31. The van der Waals surface area contributed by atoms with E-state index in [0.29, 0.717) is 0 Å². The molecule has 6 heteroatoms. The van der Waals surface area contributed by atoms with Crippen LogP contribution in [0.1, 0.15) is 0 Å². The summed E-state index contributed by atoms with van der Waals surface area (Å²) in [5, 5.41) is 20.8. The van der Waals surface area contributed by atoms with Crippen LogP contribution in [0.5, 0.6) is 5.75 Å².